The number of hydrogen-bond acceptors (Lipinski definition) is 5. The molecule has 0 radical (unpaired) electrons. The summed E-state index contributed by atoms with van der Waals surface area (Å²) >= 11 is 0. The van der Waals surface area contributed by atoms with E-state index in [0.29, 0.717) is 36.0 Å². The minimum atomic E-state index is -0.164. The monoisotopic (exact) mass is 485 g/mol. The maximum absolute atomic E-state index is 12.7. The van der Waals surface area contributed by atoms with Gasteiger partial charge in [0.1, 0.15) is 11.3 Å². The molecule has 0 bridgehead atoms. The van der Waals surface area contributed by atoms with E-state index < -0.39 is 0 Å². The normalized spacial score (nSPS) is 11.4. The van der Waals surface area contributed by atoms with E-state index in [9.17, 15) is 4.79 Å². The van der Waals surface area contributed by atoms with Crippen LogP contribution in [0.25, 0.3) is 27.7 Å². The highest BCUT2D eigenvalue weighted by Crippen LogP contribution is 2.40. The lowest BCUT2D eigenvalue weighted by atomic mass is 9.99. The largest absolute Gasteiger partial charge is 0.493 e. The molecule has 0 aliphatic rings. The van der Waals surface area contributed by atoms with Crippen molar-refractivity contribution in [2.75, 3.05) is 20.8 Å². The van der Waals surface area contributed by atoms with Crippen LogP contribution in [0, 0.1) is 6.92 Å². The van der Waals surface area contributed by atoms with Gasteiger partial charge in [-0.3, -0.25) is 4.79 Å². The van der Waals surface area contributed by atoms with Crippen molar-refractivity contribution < 1.29 is 23.4 Å². The molecule has 6 heteroatoms. The lowest BCUT2D eigenvalue weighted by Crippen LogP contribution is -2.20. The Morgan fingerprint density at radius 1 is 0.972 bits per heavy atom. The first kappa shape index (κ1) is 24.9. The standard InChI is InChI=1S/C30H31NO5/c1-6-35-27-16-28-24(25(18-36-28)22-11-12-26(33-4)29(14-22)34-5)15-23(27)20(3)13-30(32)31-17-21-9-7-19(2)8-10-21/h7-16,18H,6,17H2,1-5H3,(H,31,32)/b20-13+. The predicted octanol–water partition coefficient (Wildman–Crippen LogP) is 6.54. The summed E-state index contributed by atoms with van der Waals surface area (Å²) in [6.45, 7) is 6.84. The van der Waals surface area contributed by atoms with Gasteiger partial charge in [0.2, 0.25) is 5.91 Å². The molecular weight excluding hydrogens is 454 g/mol. The maximum atomic E-state index is 12.7. The Hall–Kier alpha value is -4.19. The fraction of sp³-hybridized carbons (Fsp3) is 0.233. The van der Waals surface area contributed by atoms with Gasteiger partial charge in [0.25, 0.3) is 0 Å². The van der Waals surface area contributed by atoms with Gasteiger partial charge in [-0.05, 0) is 55.7 Å². The summed E-state index contributed by atoms with van der Waals surface area (Å²) in [7, 11) is 3.22. The first-order chi connectivity index (χ1) is 17.4. The van der Waals surface area contributed by atoms with E-state index in [4.69, 9.17) is 18.6 Å². The lowest BCUT2D eigenvalue weighted by Gasteiger charge is -2.12. The molecule has 1 amide bonds. The van der Waals surface area contributed by atoms with Crippen molar-refractivity contribution in [3.63, 3.8) is 0 Å². The van der Waals surface area contributed by atoms with Crippen LogP contribution in [0.5, 0.6) is 17.2 Å². The highest BCUT2D eigenvalue weighted by atomic mass is 16.5. The molecule has 186 valence electrons. The van der Waals surface area contributed by atoms with E-state index in [0.717, 1.165) is 33.2 Å². The topological polar surface area (TPSA) is 69.9 Å². The van der Waals surface area contributed by atoms with E-state index in [1.807, 2.05) is 75.4 Å². The lowest BCUT2D eigenvalue weighted by molar-refractivity contribution is -0.116. The molecule has 3 aromatic carbocycles. The van der Waals surface area contributed by atoms with Gasteiger partial charge < -0.3 is 23.9 Å². The van der Waals surface area contributed by atoms with Gasteiger partial charge in [0.05, 0.1) is 27.1 Å². The Kier molecular flexibility index (Phi) is 7.64. The number of furan rings is 1. The van der Waals surface area contributed by atoms with Gasteiger partial charge in [-0.2, -0.15) is 0 Å². The van der Waals surface area contributed by atoms with Crippen molar-refractivity contribution in [2.45, 2.75) is 27.3 Å². The van der Waals surface area contributed by atoms with Gasteiger partial charge in [0, 0.05) is 35.2 Å². The first-order valence-electron chi connectivity index (χ1n) is 11.9. The molecule has 0 atom stereocenters. The molecule has 1 aromatic heterocycles. The molecule has 0 saturated carbocycles. The zero-order valence-electron chi connectivity index (χ0n) is 21.3. The minimum Gasteiger partial charge on any atom is -0.493 e. The quantitative estimate of drug-likeness (QED) is 0.273. The van der Waals surface area contributed by atoms with Crippen LogP contribution in [0.15, 0.2) is 71.4 Å². The third-order valence-electron chi connectivity index (χ3n) is 6.03. The number of carbonyl (C=O) groups excluding carboxylic acids is 1. The zero-order chi connectivity index (χ0) is 25.7. The van der Waals surface area contributed by atoms with Crippen LogP contribution >= 0.6 is 0 Å². The van der Waals surface area contributed by atoms with Gasteiger partial charge in [-0.25, -0.2) is 0 Å². The summed E-state index contributed by atoms with van der Waals surface area (Å²) in [6.07, 6.45) is 3.33. The second kappa shape index (κ2) is 11.0. The van der Waals surface area contributed by atoms with E-state index in [2.05, 4.69) is 5.32 Å². The van der Waals surface area contributed by atoms with Gasteiger partial charge >= 0.3 is 0 Å². The molecule has 4 rings (SSSR count). The van der Waals surface area contributed by atoms with Crippen LogP contribution < -0.4 is 19.5 Å². The molecule has 6 nitrogen and oxygen atoms in total. The number of aryl methyl sites for hydroxylation is 1. The fourth-order valence-corrected chi connectivity index (χ4v) is 4.09. The third kappa shape index (κ3) is 5.38. The Bertz CT molecular complexity index is 1400. The van der Waals surface area contributed by atoms with E-state index in [-0.39, 0.29) is 5.91 Å². The Balaban J connectivity index is 1.67. The van der Waals surface area contributed by atoms with Gasteiger partial charge in [0.15, 0.2) is 11.5 Å². The van der Waals surface area contributed by atoms with Crippen LogP contribution in [0.2, 0.25) is 0 Å². The molecule has 0 aliphatic heterocycles. The maximum Gasteiger partial charge on any atom is 0.244 e. The number of hydrogen-bond donors (Lipinski definition) is 1. The van der Waals surface area contributed by atoms with Crippen molar-refractivity contribution in [2.24, 2.45) is 0 Å². The predicted molar refractivity (Wildman–Crippen MR) is 143 cm³/mol. The summed E-state index contributed by atoms with van der Waals surface area (Å²) in [5.41, 5.74) is 6.40. The number of benzene rings is 3. The molecule has 0 saturated heterocycles. The summed E-state index contributed by atoms with van der Waals surface area (Å²) in [5, 5.41) is 3.87. The molecule has 0 spiro atoms. The molecule has 0 fully saturated rings. The highest BCUT2D eigenvalue weighted by Gasteiger charge is 2.16. The molecule has 36 heavy (non-hydrogen) atoms. The van der Waals surface area contributed by atoms with Crippen molar-refractivity contribution in [3.8, 4) is 28.4 Å². The van der Waals surface area contributed by atoms with Crippen LogP contribution in [0.1, 0.15) is 30.5 Å². The SMILES string of the molecule is CCOc1cc2occ(-c3ccc(OC)c(OC)c3)c2cc1/C(C)=C/C(=O)NCc1ccc(C)cc1. The van der Waals surface area contributed by atoms with Crippen LogP contribution in [-0.4, -0.2) is 26.7 Å². The molecule has 1 N–H and O–H groups in total. The number of carbonyl (C=O) groups is 1. The number of rotatable bonds is 9. The Morgan fingerprint density at radius 3 is 2.42 bits per heavy atom. The van der Waals surface area contributed by atoms with Crippen molar-refractivity contribution in [1.82, 2.24) is 5.32 Å². The zero-order valence-corrected chi connectivity index (χ0v) is 21.3. The molecule has 0 unspecified atom stereocenters. The molecule has 0 aliphatic carbocycles. The Morgan fingerprint density at radius 2 is 1.72 bits per heavy atom. The average Bonchev–Trinajstić information content (AvgIpc) is 3.30. The van der Waals surface area contributed by atoms with Gasteiger partial charge in [-0.1, -0.05) is 35.9 Å². The molecule has 1 heterocycles. The van der Waals surface area contributed by atoms with Gasteiger partial charge in [-0.15, -0.1) is 0 Å². The van der Waals surface area contributed by atoms with Crippen molar-refractivity contribution in [3.05, 3.63) is 83.6 Å². The van der Waals surface area contributed by atoms with Crippen molar-refractivity contribution >= 4 is 22.4 Å². The number of amides is 1. The Labute approximate surface area is 211 Å². The number of methoxy groups -OCH3 is 2. The van der Waals surface area contributed by atoms with E-state index in [1.165, 1.54) is 5.56 Å². The van der Waals surface area contributed by atoms with Crippen LogP contribution in [0.3, 0.4) is 0 Å². The number of ether oxygens (including phenoxy) is 3. The number of nitrogens with one attached hydrogen (secondary N) is 1. The van der Waals surface area contributed by atoms with E-state index in [1.54, 1.807) is 26.6 Å². The molecule has 4 aromatic rings. The minimum absolute atomic E-state index is 0.164. The third-order valence-corrected chi connectivity index (χ3v) is 6.03. The number of allylic oxidation sites excluding steroid dienone is 1. The fourth-order valence-electron chi connectivity index (χ4n) is 4.09. The summed E-state index contributed by atoms with van der Waals surface area (Å²) in [6, 6.07) is 17.7. The van der Waals surface area contributed by atoms with Crippen molar-refractivity contribution in [1.29, 1.82) is 0 Å². The summed E-state index contributed by atoms with van der Waals surface area (Å²) in [5.74, 6) is 1.79. The smallest absolute Gasteiger partial charge is 0.244 e. The summed E-state index contributed by atoms with van der Waals surface area (Å²) < 4.78 is 22.6. The number of fused-ring (bicyclic) bond motifs is 1. The second-order valence-electron chi connectivity index (χ2n) is 8.53. The van der Waals surface area contributed by atoms with E-state index >= 15 is 0 Å². The average molecular weight is 486 g/mol. The molecular formula is C30H31NO5. The first-order valence-corrected chi connectivity index (χ1v) is 11.9. The second-order valence-corrected chi connectivity index (χ2v) is 8.53. The highest BCUT2D eigenvalue weighted by molar-refractivity contribution is 6.00. The summed E-state index contributed by atoms with van der Waals surface area (Å²) in [4.78, 5) is 12.7. The van der Waals surface area contributed by atoms with Crippen LogP contribution in [-0.2, 0) is 11.3 Å². The van der Waals surface area contributed by atoms with Crippen LogP contribution in [0.4, 0.5) is 0 Å².